The molecule has 2 N–H and O–H groups in total. The van der Waals surface area contributed by atoms with Crippen LogP contribution < -0.4 is 10.6 Å². The fraction of sp³-hybridized carbons (Fsp3) is 0.500. The van der Waals surface area contributed by atoms with E-state index in [-0.39, 0.29) is 30.8 Å². The molecular formula is C12H17N3O4. The number of rotatable bonds is 6. The summed E-state index contributed by atoms with van der Waals surface area (Å²) in [6, 6.07) is -1.33. The summed E-state index contributed by atoms with van der Waals surface area (Å²) in [4.78, 5) is 37.6. The average molecular weight is 267 g/mol. The Labute approximate surface area is 111 Å². The highest BCUT2D eigenvalue weighted by Crippen LogP contribution is 2.07. The number of aliphatic imine (C=N–C) groups is 1. The number of ether oxygens (including phenoxy) is 1. The number of ketones is 1. The second-order valence-corrected chi connectivity index (χ2v) is 4.24. The molecule has 0 aromatic rings. The van der Waals surface area contributed by atoms with Crippen LogP contribution >= 0.6 is 0 Å². The summed E-state index contributed by atoms with van der Waals surface area (Å²) in [6.45, 7) is 3.77. The summed E-state index contributed by atoms with van der Waals surface area (Å²) in [5.74, 6) is -0.538. The maximum Gasteiger partial charge on any atom is 0.315 e. The Morgan fingerprint density at radius 1 is 1.53 bits per heavy atom. The zero-order valence-electron chi connectivity index (χ0n) is 10.9. The Morgan fingerprint density at radius 2 is 2.26 bits per heavy atom. The summed E-state index contributed by atoms with van der Waals surface area (Å²) >= 11 is 0. The zero-order valence-corrected chi connectivity index (χ0v) is 10.9. The number of carbonyl (C=O) groups is 3. The van der Waals surface area contributed by atoms with Gasteiger partial charge in [-0.1, -0.05) is 13.8 Å². The topological polar surface area (TPSA) is 96.9 Å². The van der Waals surface area contributed by atoms with Crippen LogP contribution in [0.5, 0.6) is 0 Å². The lowest BCUT2D eigenvalue weighted by Gasteiger charge is -2.22. The number of nitrogens with one attached hydrogen (secondary N) is 2. The van der Waals surface area contributed by atoms with E-state index in [1.54, 1.807) is 19.9 Å². The highest BCUT2D eigenvalue weighted by molar-refractivity contribution is 6.38. The van der Waals surface area contributed by atoms with Gasteiger partial charge in [-0.05, 0) is 12.0 Å². The predicted molar refractivity (Wildman–Crippen MR) is 68.8 cm³/mol. The molecule has 0 fully saturated rings. The molecule has 0 aromatic heterocycles. The number of urea groups is 1. The first-order valence-corrected chi connectivity index (χ1v) is 5.94. The number of nitrogens with zero attached hydrogens (tertiary/aromatic N) is 1. The molecule has 7 nitrogen and oxygen atoms in total. The molecule has 104 valence electrons. The molecule has 7 heteroatoms. The first-order valence-electron chi connectivity index (χ1n) is 5.94. The van der Waals surface area contributed by atoms with Gasteiger partial charge in [0.15, 0.2) is 0 Å². The highest BCUT2D eigenvalue weighted by Gasteiger charge is 2.29. The smallest absolute Gasteiger partial charge is 0.315 e. The van der Waals surface area contributed by atoms with Crippen LogP contribution in [0.1, 0.15) is 13.8 Å². The van der Waals surface area contributed by atoms with Gasteiger partial charge in [0, 0.05) is 6.20 Å². The van der Waals surface area contributed by atoms with Gasteiger partial charge in [0.1, 0.15) is 18.9 Å². The lowest BCUT2D eigenvalue weighted by atomic mass is 9.99. The molecule has 1 rings (SSSR count). The molecule has 1 aliphatic heterocycles. The van der Waals surface area contributed by atoms with E-state index >= 15 is 0 Å². The number of hydrogen-bond acceptors (Lipinski definition) is 5. The van der Waals surface area contributed by atoms with E-state index < -0.39 is 12.1 Å². The predicted octanol–water partition coefficient (Wildman–Crippen LogP) is 0.0206. The van der Waals surface area contributed by atoms with Crippen LogP contribution in [0.4, 0.5) is 4.79 Å². The van der Waals surface area contributed by atoms with E-state index in [0.29, 0.717) is 6.29 Å². The van der Waals surface area contributed by atoms with Crippen molar-refractivity contribution < 1.29 is 19.1 Å². The van der Waals surface area contributed by atoms with Crippen molar-refractivity contribution in [2.24, 2.45) is 10.9 Å². The van der Waals surface area contributed by atoms with Gasteiger partial charge in [0.2, 0.25) is 5.78 Å². The normalized spacial score (nSPS) is 15.2. The minimum atomic E-state index is -0.753. The minimum Gasteiger partial charge on any atom is -0.471 e. The van der Waals surface area contributed by atoms with Crippen molar-refractivity contribution in [3.8, 4) is 0 Å². The number of Topliss-reactive ketones (excluding diaryl/α,β-unsaturated/α-hetero) is 1. The van der Waals surface area contributed by atoms with Gasteiger partial charge in [0.05, 0.1) is 6.54 Å². The molecular weight excluding hydrogens is 250 g/mol. The molecule has 0 saturated heterocycles. The fourth-order valence-corrected chi connectivity index (χ4v) is 1.46. The molecule has 0 spiro atoms. The van der Waals surface area contributed by atoms with Gasteiger partial charge in [-0.3, -0.25) is 4.79 Å². The van der Waals surface area contributed by atoms with Crippen molar-refractivity contribution in [2.45, 2.75) is 19.9 Å². The second kappa shape index (κ2) is 7.30. The van der Waals surface area contributed by atoms with E-state index in [4.69, 9.17) is 4.74 Å². The number of hydrogen-bond donors (Lipinski definition) is 2. The van der Waals surface area contributed by atoms with E-state index in [2.05, 4.69) is 15.6 Å². The SMILES string of the molecule is CC(C)C(NC(=O)NCC=O)C(=O)C1=NC=CCO1. The monoisotopic (exact) mass is 267 g/mol. The Bertz CT molecular complexity index is 415. The molecule has 1 aliphatic rings. The van der Waals surface area contributed by atoms with E-state index in [0.717, 1.165) is 0 Å². The van der Waals surface area contributed by atoms with Gasteiger partial charge < -0.3 is 20.2 Å². The Balaban J connectivity index is 2.68. The van der Waals surface area contributed by atoms with Gasteiger partial charge >= 0.3 is 6.03 Å². The first kappa shape index (κ1) is 14.9. The summed E-state index contributed by atoms with van der Waals surface area (Å²) in [6.07, 6.45) is 3.72. The van der Waals surface area contributed by atoms with Crippen molar-refractivity contribution in [1.82, 2.24) is 10.6 Å². The van der Waals surface area contributed by atoms with E-state index in [9.17, 15) is 14.4 Å². The second-order valence-electron chi connectivity index (χ2n) is 4.24. The van der Waals surface area contributed by atoms with Crippen molar-refractivity contribution in [1.29, 1.82) is 0 Å². The van der Waals surface area contributed by atoms with Gasteiger partial charge in [-0.15, -0.1) is 0 Å². The van der Waals surface area contributed by atoms with Crippen molar-refractivity contribution in [2.75, 3.05) is 13.2 Å². The third-order valence-corrected chi connectivity index (χ3v) is 2.41. The van der Waals surface area contributed by atoms with Crippen molar-refractivity contribution in [3.05, 3.63) is 12.3 Å². The maximum absolute atomic E-state index is 12.1. The first-order chi connectivity index (χ1) is 9.06. The van der Waals surface area contributed by atoms with Crippen LogP contribution in [0.3, 0.4) is 0 Å². The summed E-state index contributed by atoms with van der Waals surface area (Å²) < 4.78 is 5.12. The van der Waals surface area contributed by atoms with Crippen LogP contribution in [0.25, 0.3) is 0 Å². The molecule has 1 unspecified atom stereocenters. The van der Waals surface area contributed by atoms with Gasteiger partial charge in [-0.2, -0.15) is 0 Å². The summed E-state index contributed by atoms with van der Waals surface area (Å²) in [5.41, 5.74) is 0. The van der Waals surface area contributed by atoms with E-state index in [1.165, 1.54) is 6.20 Å². The number of carbonyl (C=O) groups excluding carboxylic acids is 3. The van der Waals surface area contributed by atoms with Crippen LogP contribution in [0.15, 0.2) is 17.3 Å². The fourth-order valence-electron chi connectivity index (χ4n) is 1.46. The molecule has 0 radical (unpaired) electrons. The van der Waals surface area contributed by atoms with E-state index in [1.807, 2.05) is 0 Å². The molecule has 2 amide bonds. The summed E-state index contributed by atoms with van der Waals surface area (Å²) in [7, 11) is 0. The molecule has 0 aromatic carbocycles. The van der Waals surface area contributed by atoms with Crippen LogP contribution in [0, 0.1) is 5.92 Å². The quantitative estimate of drug-likeness (QED) is 0.663. The van der Waals surface area contributed by atoms with Crippen LogP contribution in [0.2, 0.25) is 0 Å². The van der Waals surface area contributed by atoms with Crippen LogP contribution in [-0.4, -0.2) is 43.2 Å². The third-order valence-electron chi connectivity index (χ3n) is 2.41. The number of amides is 2. The Morgan fingerprint density at radius 3 is 2.79 bits per heavy atom. The largest absolute Gasteiger partial charge is 0.471 e. The lowest BCUT2D eigenvalue weighted by Crippen LogP contribution is -2.51. The van der Waals surface area contributed by atoms with Crippen molar-refractivity contribution in [3.63, 3.8) is 0 Å². The average Bonchev–Trinajstić information content (AvgIpc) is 2.42. The summed E-state index contributed by atoms with van der Waals surface area (Å²) in [5, 5.41) is 4.82. The Kier molecular flexibility index (Phi) is 5.72. The maximum atomic E-state index is 12.1. The van der Waals surface area contributed by atoms with Crippen LogP contribution in [-0.2, 0) is 14.3 Å². The molecule has 1 heterocycles. The lowest BCUT2D eigenvalue weighted by molar-refractivity contribution is -0.116. The zero-order chi connectivity index (χ0) is 14.3. The molecule has 0 aliphatic carbocycles. The highest BCUT2D eigenvalue weighted by atomic mass is 16.5. The molecule has 0 bridgehead atoms. The Hall–Kier alpha value is -2.18. The molecule has 1 atom stereocenters. The van der Waals surface area contributed by atoms with Gasteiger partial charge in [0.25, 0.3) is 5.90 Å². The third kappa shape index (κ3) is 4.53. The standard InChI is InChI=1S/C12H17N3O4/c1-8(2)9(15-12(18)14-5-6-16)10(17)11-13-4-3-7-19-11/h3-4,6,8-9H,5,7H2,1-2H3,(H2,14,15,18). The number of aldehydes is 1. The minimum absolute atomic E-state index is 0.0168. The van der Waals surface area contributed by atoms with Crippen molar-refractivity contribution >= 4 is 24.0 Å². The molecule has 19 heavy (non-hydrogen) atoms. The van der Waals surface area contributed by atoms with Gasteiger partial charge in [-0.25, -0.2) is 9.79 Å². The molecule has 0 saturated carbocycles.